The van der Waals surface area contributed by atoms with Crippen LogP contribution < -0.4 is 4.74 Å². The number of benzene rings is 1. The summed E-state index contributed by atoms with van der Waals surface area (Å²) in [5.41, 5.74) is 1.92. The van der Waals surface area contributed by atoms with Crippen molar-refractivity contribution < 1.29 is 9.53 Å². The highest BCUT2D eigenvalue weighted by atomic mass is 16.5. The predicted molar refractivity (Wildman–Crippen MR) is 74.7 cm³/mol. The van der Waals surface area contributed by atoms with Gasteiger partial charge in [-0.2, -0.15) is 0 Å². The summed E-state index contributed by atoms with van der Waals surface area (Å²) in [6.07, 6.45) is 3.63. The first-order chi connectivity index (χ1) is 9.18. The van der Waals surface area contributed by atoms with Gasteiger partial charge in [-0.1, -0.05) is 19.1 Å². The van der Waals surface area contributed by atoms with E-state index in [9.17, 15) is 4.79 Å². The molecule has 1 fully saturated rings. The summed E-state index contributed by atoms with van der Waals surface area (Å²) in [6, 6.07) is 5.96. The second kappa shape index (κ2) is 4.87. The van der Waals surface area contributed by atoms with Gasteiger partial charge >= 0.3 is 0 Å². The van der Waals surface area contributed by atoms with Crippen LogP contribution in [0.4, 0.5) is 0 Å². The molecule has 0 N–H and O–H groups in total. The van der Waals surface area contributed by atoms with Crippen molar-refractivity contribution in [2.24, 2.45) is 0 Å². The number of fused-ring (bicyclic) bond motifs is 1. The SMILES string of the molecule is CC1Oc2c(C(=O)N3CCCCC3)cccc2C1C. The van der Waals surface area contributed by atoms with Crippen molar-refractivity contribution in [2.45, 2.75) is 45.1 Å². The molecule has 1 saturated heterocycles. The monoisotopic (exact) mass is 259 g/mol. The van der Waals surface area contributed by atoms with Crippen molar-refractivity contribution in [1.82, 2.24) is 4.90 Å². The fraction of sp³-hybridized carbons (Fsp3) is 0.562. The molecule has 1 amide bonds. The van der Waals surface area contributed by atoms with E-state index in [4.69, 9.17) is 4.74 Å². The van der Waals surface area contributed by atoms with Crippen LogP contribution in [0.25, 0.3) is 0 Å². The Hall–Kier alpha value is -1.51. The number of rotatable bonds is 1. The Labute approximate surface area is 114 Å². The Morgan fingerprint density at radius 1 is 1.21 bits per heavy atom. The van der Waals surface area contributed by atoms with Crippen molar-refractivity contribution in [3.63, 3.8) is 0 Å². The highest BCUT2D eigenvalue weighted by Gasteiger charge is 2.32. The minimum Gasteiger partial charge on any atom is -0.489 e. The van der Waals surface area contributed by atoms with Crippen LogP contribution in [0.1, 0.15) is 54.9 Å². The molecule has 0 bridgehead atoms. The third kappa shape index (κ3) is 2.11. The van der Waals surface area contributed by atoms with Crippen LogP contribution in [0.3, 0.4) is 0 Å². The largest absolute Gasteiger partial charge is 0.489 e. The molecule has 102 valence electrons. The third-order valence-electron chi connectivity index (χ3n) is 4.42. The fourth-order valence-electron chi connectivity index (χ4n) is 3.02. The highest BCUT2D eigenvalue weighted by molar-refractivity contribution is 5.97. The first-order valence-corrected chi connectivity index (χ1v) is 7.27. The summed E-state index contributed by atoms with van der Waals surface area (Å²) in [4.78, 5) is 14.6. The molecule has 1 aromatic carbocycles. The normalized spacial score (nSPS) is 25.9. The molecule has 1 aromatic rings. The first-order valence-electron chi connectivity index (χ1n) is 7.27. The molecule has 0 aromatic heterocycles. The van der Waals surface area contributed by atoms with Gasteiger partial charge in [0.2, 0.25) is 0 Å². The van der Waals surface area contributed by atoms with E-state index in [2.05, 4.69) is 19.9 Å². The Balaban J connectivity index is 1.92. The van der Waals surface area contributed by atoms with Crippen LogP contribution in [0.5, 0.6) is 5.75 Å². The molecule has 0 spiro atoms. The van der Waals surface area contributed by atoms with Crippen molar-refractivity contribution >= 4 is 5.91 Å². The predicted octanol–water partition coefficient (Wildman–Crippen LogP) is 3.20. The van der Waals surface area contributed by atoms with Gasteiger partial charge in [0, 0.05) is 24.6 Å². The molecule has 2 aliphatic heterocycles. The van der Waals surface area contributed by atoms with Gasteiger partial charge in [-0.25, -0.2) is 0 Å². The number of piperidine rings is 1. The molecule has 2 unspecified atom stereocenters. The standard InChI is InChI=1S/C16H21NO2/c1-11-12(2)19-15-13(11)7-6-8-14(15)16(18)17-9-4-3-5-10-17/h6-8,11-12H,3-5,9-10H2,1-2H3. The summed E-state index contributed by atoms with van der Waals surface area (Å²) in [6.45, 7) is 5.99. The number of amides is 1. The van der Waals surface area contributed by atoms with Crippen LogP contribution in [-0.2, 0) is 0 Å². The Morgan fingerprint density at radius 2 is 1.95 bits per heavy atom. The molecule has 0 saturated carbocycles. The van der Waals surface area contributed by atoms with Crippen LogP contribution in [0, 0.1) is 0 Å². The highest BCUT2D eigenvalue weighted by Crippen LogP contribution is 2.40. The van der Waals surface area contributed by atoms with Gasteiger partial charge in [-0.3, -0.25) is 4.79 Å². The van der Waals surface area contributed by atoms with Gasteiger partial charge in [0.15, 0.2) is 0 Å². The number of carbonyl (C=O) groups is 1. The van der Waals surface area contributed by atoms with Crippen molar-refractivity contribution in [1.29, 1.82) is 0 Å². The maximum Gasteiger partial charge on any atom is 0.257 e. The molecule has 0 aliphatic carbocycles. The zero-order valence-corrected chi connectivity index (χ0v) is 11.7. The molecule has 3 rings (SSSR count). The number of hydrogen-bond donors (Lipinski definition) is 0. The van der Waals surface area contributed by atoms with E-state index in [-0.39, 0.29) is 12.0 Å². The maximum atomic E-state index is 12.6. The molecule has 3 heteroatoms. The number of para-hydroxylation sites is 1. The lowest BCUT2D eigenvalue weighted by Gasteiger charge is -2.27. The Kier molecular flexibility index (Phi) is 3.21. The lowest BCUT2D eigenvalue weighted by atomic mass is 9.96. The molecule has 19 heavy (non-hydrogen) atoms. The second-order valence-corrected chi connectivity index (χ2v) is 5.69. The van der Waals surface area contributed by atoms with Crippen LogP contribution in [-0.4, -0.2) is 30.0 Å². The zero-order valence-electron chi connectivity index (χ0n) is 11.7. The lowest BCUT2D eigenvalue weighted by Crippen LogP contribution is -2.35. The average molecular weight is 259 g/mol. The number of ether oxygens (including phenoxy) is 1. The van der Waals surface area contributed by atoms with Gasteiger partial charge in [0.25, 0.3) is 5.91 Å². The van der Waals surface area contributed by atoms with E-state index in [1.807, 2.05) is 17.0 Å². The number of likely N-dealkylation sites (tertiary alicyclic amines) is 1. The number of carbonyl (C=O) groups excluding carboxylic acids is 1. The van der Waals surface area contributed by atoms with Gasteiger partial charge in [-0.05, 0) is 32.3 Å². The van der Waals surface area contributed by atoms with Crippen molar-refractivity contribution in [3.8, 4) is 5.75 Å². The summed E-state index contributed by atoms with van der Waals surface area (Å²) in [5.74, 6) is 1.32. The van der Waals surface area contributed by atoms with E-state index in [0.717, 1.165) is 37.2 Å². The molecule has 3 nitrogen and oxygen atoms in total. The van der Waals surface area contributed by atoms with Crippen LogP contribution in [0.15, 0.2) is 18.2 Å². The topological polar surface area (TPSA) is 29.5 Å². The van der Waals surface area contributed by atoms with Crippen LogP contribution in [0.2, 0.25) is 0 Å². The van der Waals surface area contributed by atoms with Gasteiger partial charge in [0.05, 0.1) is 5.56 Å². The molecule has 0 radical (unpaired) electrons. The fourth-order valence-corrected chi connectivity index (χ4v) is 3.02. The van der Waals surface area contributed by atoms with E-state index in [1.165, 1.54) is 12.0 Å². The molecule has 2 heterocycles. The van der Waals surface area contributed by atoms with E-state index in [1.54, 1.807) is 0 Å². The quantitative estimate of drug-likeness (QED) is 0.775. The van der Waals surface area contributed by atoms with Gasteiger partial charge < -0.3 is 9.64 Å². The van der Waals surface area contributed by atoms with Gasteiger partial charge in [0.1, 0.15) is 11.9 Å². The third-order valence-corrected chi connectivity index (χ3v) is 4.42. The Morgan fingerprint density at radius 3 is 2.68 bits per heavy atom. The average Bonchev–Trinajstić information content (AvgIpc) is 2.75. The van der Waals surface area contributed by atoms with Crippen molar-refractivity contribution in [2.75, 3.05) is 13.1 Å². The molecular weight excluding hydrogens is 238 g/mol. The molecule has 2 aliphatic rings. The van der Waals surface area contributed by atoms with Crippen molar-refractivity contribution in [3.05, 3.63) is 29.3 Å². The maximum absolute atomic E-state index is 12.6. The number of hydrogen-bond acceptors (Lipinski definition) is 2. The Bertz CT molecular complexity index is 492. The molecular formula is C16H21NO2. The molecule has 2 atom stereocenters. The smallest absolute Gasteiger partial charge is 0.257 e. The van der Waals surface area contributed by atoms with Gasteiger partial charge in [-0.15, -0.1) is 0 Å². The number of nitrogens with zero attached hydrogens (tertiary/aromatic N) is 1. The zero-order chi connectivity index (χ0) is 13.4. The van der Waals surface area contributed by atoms with E-state index >= 15 is 0 Å². The second-order valence-electron chi connectivity index (χ2n) is 5.69. The minimum absolute atomic E-state index is 0.137. The summed E-state index contributed by atoms with van der Waals surface area (Å²) in [5, 5.41) is 0. The van der Waals surface area contributed by atoms with E-state index < -0.39 is 0 Å². The minimum atomic E-state index is 0.137. The summed E-state index contributed by atoms with van der Waals surface area (Å²) in [7, 11) is 0. The first kappa shape index (κ1) is 12.5. The summed E-state index contributed by atoms with van der Waals surface area (Å²) < 4.78 is 5.91. The summed E-state index contributed by atoms with van der Waals surface area (Å²) >= 11 is 0. The van der Waals surface area contributed by atoms with E-state index in [0.29, 0.717) is 5.92 Å². The lowest BCUT2D eigenvalue weighted by molar-refractivity contribution is 0.0719. The van der Waals surface area contributed by atoms with Crippen LogP contribution >= 0.6 is 0 Å².